The van der Waals surface area contributed by atoms with Crippen molar-refractivity contribution in [3.05, 3.63) is 35.1 Å². The molecule has 1 N–H and O–H groups in total. The van der Waals surface area contributed by atoms with Crippen LogP contribution in [0, 0.1) is 23.4 Å². The molecule has 0 bridgehead atoms. The number of amides is 1. The second-order valence-electron chi connectivity index (χ2n) is 4.71. The van der Waals surface area contributed by atoms with Crippen LogP contribution < -0.4 is 5.32 Å². The van der Waals surface area contributed by atoms with Crippen LogP contribution in [0.15, 0.2) is 12.1 Å². The lowest BCUT2D eigenvalue weighted by atomic mass is 9.80. The lowest BCUT2D eigenvalue weighted by molar-refractivity contribution is 0.0908. The van der Waals surface area contributed by atoms with Gasteiger partial charge in [-0.3, -0.25) is 4.79 Å². The molecule has 0 radical (unpaired) electrons. The van der Waals surface area contributed by atoms with Gasteiger partial charge in [-0.15, -0.1) is 0 Å². The minimum atomic E-state index is -1.56. The van der Waals surface area contributed by atoms with E-state index in [0.29, 0.717) is 18.1 Å². The zero-order chi connectivity index (χ0) is 13.3. The fourth-order valence-corrected chi connectivity index (χ4v) is 2.03. The van der Waals surface area contributed by atoms with Crippen molar-refractivity contribution in [3.63, 3.8) is 0 Å². The van der Waals surface area contributed by atoms with Crippen molar-refractivity contribution in [3.8, 4) is 0 Å². The van der Waals surface area contributed by atoms with Crippen LogP contribution in [0.4, 0.5) is 13.2 Å². The third-order valence-electron chi connectivity index (χ3n) is 3.46. The molecule has 0 spiro atoms. The molecule has 2 rings (SSSR count). The fraction of sp³-hybridized carbons (Fsp3) is 0.462. The first kappa shape index (κ1) is 12.9. The number of nitrogens with one attached hydrogen (secondary N) is 1. The van der Waals surface area contributed by atoms with Gasteiger partial charge in [0, 0.05) is 11.6 Å². The van der Waals surface area contributed by atoms with Gasteiger partial charge in [0.25, 0.3) is 5.91 Å². The first-order chi connectivity index (χ1) is 8.49. The predicted octanol–water partition coefficient (Wildman–Crippen LogP) is 3.02. The van der Waals surface area contributed by atoms with E-state index in [1.807, 2.05) is 6.92 Å². The summed E-state index contributed by atoms with van der Waals surface area (Å²) in [5.41, 5.74) is -0.197. The highest BCUT2D eigenvalue weighted by Crippen LogP contribution is 2.29. The Kier molecular flexibility index (Phi) is 3.59. The number of rotatable bonds is 3. The molecule has 18 heavy (non-hydrogen) atoms. The molecule has 1 unspecified atom stereocenters. The monoisotopic (exact) mass is 257 g/mol. The minimum absolute atomic E-state index is 0.0394. The van der Waals surface area contributed by atoms with Crippen molar-refractivity contribution in [2.24, 2.45) is 5.92 Å². The molecule has 1 saturated carbocycles. The van der Waals surface area contributed by atoms with E-state index in [4.69, 9.17) is 0 Å². The van der Waals surface area contributed by atoms with Crippen molar-refractivity contribution in [1.29, 1.82) is 0 Å². The van der Waals surface area contributed by atoms with Crippen molar-refractivity contribution >= 4 is 5.91 Å². The lowest BCUT2D eigenvalue weighted by Crippen LogP contribution is -2.40. The van der Waals surface area contributed by atoms with Gasteiger partial charge in [0.15, 0.2) is 17.5 Å². The van der Waals surface area contributed by atoms with Crippen LogP contribution in [0.2, 0.25) is 0 Å². The lowest BCUT2D eigenvalue weighted by Gasteiger charge is -2.31. The van der Waals surface area contributed by atoms with Crippen molar-refractivity contribution in [1.82, 2.24) is 5.32 Å². The second-order valence-corrected chi connectivity index (χ2v) is 4.71. The van der Waals surface area contributed by atoms with Gasteiger partial charge in [-0.25, -0.2) is 13.2 Å². The largest absolute Gasteiger partial charge is 0.349 e. The quantitative estimate of drug-likeness (QED) is 0.828. The third-order valence-corrected chi connectivity index (χ3v) is 3.46. The molecule has 1 aliphatic carbocycles. The van der Waals surface area contributed by atoms with Crippen LogP contribution in [-0.2, 0) is 0 Å². The number of carbonyl (C=O) groups is 1. The molecule has 1 atom stereocenters. The molecule has 1 fully saturated rings. The third kappa shape index (κ3) is 2.49. The van der Waals surface area contributed by atoms with Crippen LogP contribution in [0.25, 0.3) is 0 Å². The average Bonchev–Trinajstić information content (AvgIpc) is 2.22. The van der Waals surface area contributed by atoms with E-state index in [-0.39, 0.29) is 11.6 Å². The van der Waals surface area contributed by atoms with Gasteiger partial charge >= 0.3 is 0 Å². The summed E-state index contributed by atoms with van der Waals surface area (Å²) in [6.07, 6.45) is 3.24. The van der Waals surface area contributed by atoms with Crippen LogP contribution in [0.1, 0.15) is 36.5 Å². The Bertz CT molecular complexity index is 448. The maximum Gasteiger partial charge on any atom is 0.251 e. The van der Waals surface area contributed by atoms with E-state index >= 15 is 0 Å². The van der Waals surface area contributed by atoms with Gasteiger partial charge in [0.2, 0.25) is 0 Å². The first-order valence-electron chi connectivity index (χ1n) is 5.94. The Balaban J connectivity index is 2.08. The van der Waals surface area contributed by atoms with Crippen molar-refractivity contribution in [2.45, 2.75) is 32.2 Å². The Hall–Kier alpha value is -1.52. The van der Waals surface area contributed by atoms with Gasteiger partial charge in [-0.1, -0.05) is 6.42 Å². The molecule has 1 aromatic carbocycles. The van der Waals surface area contributed by atoms with E-state index in [9.17, 15) is 18.0 Å². The van der Waals surface area contributed by atoms with Gasteiger partial charge in [0.1, 0.15) is 0 Å². The summed E-state index contributed by atoms with van der Waals surface area (Å²) in [5.74, 6) is -4.41. The van der Waals surface area contributed by atoms with Gasteiger partial charge in [-0.2, -0.15) is 0 Å². The maximum absolute atomic E-state index is 13.0. The highest BCUT2D eigenvalue weighted by Gasteiger charge is 2.25. The summed E-state index contributed by atoms with van der Waals surface area (Å²) in [6, 6.07) is 1.38. The molecule has 0 aromatic heterocycles. The standard InChI is InChI=1S/C13H14F3NO/c1-7(8-3-2-4-8)17-13(18)9-5-10(14)12(16)11(15)6-9/h5-8H,2-4H2,1H3,(H,17,18). The van der Waals surface area contributed by atoms with E-state index in [0.717, 1.165) is 19.3 Å². The highest BCUT2D eigenvalue weighted by molar-refractivity contribution is 5.94. The summed E-state index contributed by atoms with van der Waals surface area (Å²) >= 11 is 0. The molecular formula is C13H14F3NO. The summed E-state index contributed by atoms with van der Waals surface area (Å²) in [6.45, 7) is 1.86. The van der Waals surface area contributed by atoms with Crippen LogP contribution >= 0.6 is 0 Å². The van der Waals surface area contributed by atoms with E-state index < -0.39 is 23.4 Å². The summed E-state index contributed by atoms with van der Waals surface area (Å²) < 4.78 is 38.7. The van der Waals surface area contributed by atoms with Crippen LogP contribution in [0.3, 0.4) is 0 Å². The number of benzene rings is 1. The topological polar surface area (TPSA) is 29.1 Å². The van der Waals surface area contributed by atoms with E-state index in [1.165, 1.54) is 0 Å². The van der Waals surface area contributed by atoms with E-state index in [1.54, 1.807) is 0 Å². The Morgan fingerprint density at radius 3 is 2.28 bits per heavy atom. The number of hydrogen-bond donors (Lipinski definition) is 1. The fourth-order valence-electron chi connectivity index (χ4n) is 2.03. The molecule has 0 heterocycles. The minimum Gasteiger partial charge on any atom is -0.349 e. The molecule has 2 nitrogen and oxygen atoms in total. The molecule has 1 aromatic rings. The molecule has 0 saturated heterocycles. The number of carbonyl (C=O) groups excluding carboxylic acids is 1. The predicted molar refractivity (Wildman–Crippen MR) is 60.6 cm³/mol. The highest BCUT2D eigenvalue weighted by atomic mass is 19.2. The number of halogens is 3. The smallest absolute Gasteiger partial charge is 0.251 e. The van der Waals surface area contributed by atoms with Gasteiger partial charge < -0.3 is 5.32 Å². The molecule has 1 amide bonds. The Morgan fingerprint density at radius 1 is 1.28 bits per heavy atom. The first-order valence-corrected chi connectivity index (χ1v) is 5.94. The summed E-state index contributed by atoms with van der Waals surface area (Å²) in [5, 5.41) is 2.68. The molecule has 98 valence electrons. The van der Waals surface area contributed by atoms with Gasteiger partial charge in [-0.05, 0) is 37.8 Å². The van der Waals surface area contributed by atoms with Crippen LogP contribution in [-0.4, -0.2) is 11.9 Å². The Labute approximate surface area is 103 Å². The van der Waals surface area contributed by atoms with Crippen molar-refractivity contribution < 1.29 is 18.0 Å². The SMILES string of the molecule is CC(NC(=O)c1cc(F)c(F)c(F)c1)C1CCC1. The van der Waals surface area contributed by atoms with Gasteiger partial charge in [0.05, 0.1) is 0 Å². The zero-order valence-electron chi connectivity index (χ0n) is 9.97. The normalized spacial score (nSPS) is 17.1. The molecule has 1 aliphatic rings. The Morgan fingerprint density at radius 2 is 1.83 bits per heavy atom. The summed E-state index contributed by atoms with van der Waals surface area (Å²) in [4.78, 5) is 11.7. The molecule has 0 aliphatic heterocycles. The second kappa shape index (κ2) is 5.00. The number of hydrogen-bond acceptors (Lipinski definition) is 1. The zero-order valence-corrected chi connectivity index (χ0v) is 9.97. The molecule has 5 heteroatoms. The van der Waals surface area contributed by atoms with E-state index in [2.05, 4.69) is 5.32 Å². The van der Waals surface area contributed by atoms with Crippen LogP contribution in [0.5, 0.6) is 0 Å². The molecular weight excluding hydrogens is 243 g/mol. The van der Waals surface area contributed by atoms with Crippen molar-refractivity contribution in [2.75, 3.05) is 0 Å². The average molecular weight is 257 g/mol. The summed E-state index contributed by atoms with van der Waals surface area (Å²) in [7, 11) is 0. The maximum atomic E-state index is 13.0.